The summed E-state index contributed by atoms with van der Waals surface area (Å²) < 4.78 is 5.94. The van der Waals surface area contributed by atoms with Gasteiger partial charge in [0.15, 0.2) is 0 Å². The van der Waals surface area contributed by atoms with Crippen LogP contribution < -0.4 is 4.74 Å². The number of allylic oxidation sites excluding steroid dienone is 2. The minimum atomic E-state index is -0.00955. The van der Waals surface area contributed by atoms with E-state index < -0.39 is 0 Å². The average molecular weight is 351 g/mol. The molecule has 0 heterocycles. The summed E-state index contributed by atoms with van der Waals surface area (Å²) in [6, 6.07) is 4.46. The first kappa shape index (κ1) is 17.6. The van der Waals surface area contributed by atoms with Crippen LogP contribution >= 0.6 is 0 Å². The number of ketones is 1. The van der Waals surface area contributed by atoms with E-state index in [1.54, 1.807) is 6.26 Å². The average Bonchev–Trinajstić information content (AvgIpc) is 2.62. The van der Waals surface area contributed by atoms with Crippen molar-refractivity contribution in [1.29, 1.82) is 0 Å². The van der Waals surface area contributed by atoms with Crippen LogP contribution in [0.15, 0.2) is 37.1 Å². The van der Waals surface area contributed by atoms with Gasteiger partial charge in [-0.1, -0.05) is 37.3 Å². The minimum Gasteiger partial charge on any atom is -0.465 e. The van der Waals surface area contributed by atoms with Crippen molar-refractivity contribution >= 4 is 5.78 Å². The lowest BCUT2D eigenvalue weighted by Crippen LogP contribution is -2.53. The van der Waals surface area contributed by atoms with Crippen molar-refractivity contribution in [2.75, 3.05) is 0 Å². The third-order valence-electron chi connectivity index (χ3n) is 7.24. The Balaban J connectivity index is 1.83. The van der Waals surface area contributed by atoms with E-state index in [2.05, 4.69) is 37.8 Å². The van der Waals surface area contributed by atoms with Crippen molar-refractivity contribution in [1.82, 2.24) is 0 Å². The Hall–Kier alpha value is -1.83. The lowest BCUT2D eigenvalue weighted by molar-refractivity contribution is -0.131. The minimum absolute atomic E-state index is 0.00955. The Kier molecular flexibility index (Phi) is 4.54. The standard InChI is InChI=1S/C24H30O2/c1-4-6-8-18-14-20-17-9-7-12-24(20,15-21(18)25)22-19(13-17)11-10-16(3)23(22)26-5-2/h4-6,10-11,17-18,20H,2,7-9,12-15H2,1,3H3. The SMILES string of the molecule is C=COc1c(C)ccc2c1C13CCCC(C2)C1CC(CC=CC)C(=O)C3. The van der Waals surface area contributed by atoms with Gasteiger partial charge in [0.1, 0.15) is 11.5 Å². The maximum Gasteiger partial charge on any atom is 0.137 e. The van der Waals surface area contributed by atoms with Crippen molar-refractivity contribution in [2.45, 2.75) is 64.2 Å². The van der Waals surface area contributed by atoms with Crippen molar-refractivity contribution in [3.8, 4) is 5.75 Å². The fourth-order valence-corrected chi connectivity index (χ4v) is 6.18. The Labute approximate surface area is 157 Å². The van der Waals surface area contributed by atoms with Gasteiger partial charge in [-0.25, -0.2) is 0 Å². The molecule has 0 amide bonds. The van der Waals surface area contributed by atoms with Gasteiger partial charge in [0.05, 0.1) is 6.26 Å². The topological polar surface area (TPSA) is 26.3 Å². The number of hydrogen-bond donors (Lipinski definition) is 0. The summed E-state index contributed by atoms with van der Waals surface area (Å²) in [6.07, 6.45) is 13.2. The molecule has 0 saturated heterocycles. The normalized spacial score (nSPS) is 32.8. The van der Waals surface area contributed by atoms with Gasteiger partial charge >= 0.3 is 0 Å². The van der Waals surface area contributed by atoms with E-state index in [9.17, 15) is 4.79 Å². The van der Waals surface area contributed by atoms with Gasteiger partial charge in [-0.15, -0.1) is 0 Å². The Bertz CT molecular complexity index is 760. The maximum absolute atomic E-state index is 13.1. The van der Waals surface area contributed by atoms with Crippen LogP contribution in [0.25, 0.3) is 0 Å². The molecule has 1 aromatic rings. The summed E-state index contributed by atoms with van der Waals surface area (Å²) in [5.74, 6) is 2.98. The molecular weight excluding hydrogens is 320 g/mol. The highest BCUT2D eigenvalue weighted by Crippen LogP contribution is 2.61. The second-order valence-electron chi connectivity index (χ2n) is 8.53. The molecule has 26 heavy (non-hydrogen) atoms. The van der Waals surface area contributed by atoms with Gasteiger partial charge in [-0.3, -0.25) is 4.79 Å². The number of carbonyl (C=O) groups is 1. The molecule has 4 rings (SSSR count). The van der Waals surface area contributed by atoms with Crippen LogP contribution in [0.2, 0.25) is 0 Å². The van der Waals surface area contributed by atoms with Gasteiger partial charge in [-0.2, -0.15) is 0 Å². The molecule has 2 fully saturated rings. The van der Waals surface area contributed by atoms with Crippen molar-refractivity contribution < 1.29 is 9.53 Å². The first-order valence-corrected chi connectivity index (χ1v) is 10.1. The molecule has 3 aliphatic rings. The first-order chi connectivity index (χ1) is 12.6. The van der Waals surface area contributed by atoms with Crippen LogP contribution in [-0.2, 0) is 16.6 Å². The van der Waals surface area contributed by atoms with Gasteiger partial charge in [0, 0.05) is 23.3 Å². The highest BCUT2D eigenvalue weighted by atomic mass is 16.5. The lowest BCUT2D eigenvalue weighted by Gasteiger charge is -2.56. The third kappa shape index (κ3) is 2.57. The summed E-state index contributed by atoms with van der Waals surface area (Å²) >= 11 is 0. The molecular formula is C24H30O2. The summed E-state index contributed by atoms with van der Waals surface area (Å²) in [5, 5.41) is 0. The number of rotatable bonds is 4. The van der Waals surface area contributed by atoms with E-state index in [1.165, 1.54) is 24.0 Å². The molecule has 138 valence electrons. The number of ether oxygens (including phenoxy) is 1. The zero-order valence-electron chi connectivity index (χ0n) is 16.1. The molecule has 0 radical (unpaired) electrons. The lowest BCUT2D eigenvalue weighted by atomic mass is 9.47. The van der Waals surface area contributed by atoms with Crippen LogP contribution in [-0.4, -0.2) is 5.78 Å². The summed E-state index contributed by atoms with van der Waals surface area (Å²) in [4.78, 5) is 13.1. The van der Waals surface area contributed by atoms with Crippen LogP contribution in [0.3, 0.4) is 0 Å². The molecule has 3 aliphatic carbocycles. The highest BCUT2D eigenvalue weighted by Gasteiger charge is 2.56. The van der Waals surface area contributed by atoms with Crippen LogP contribution in [0.4, 0.5) is 0 Å². The van der Waals surface area contributed by atoms with Crippen molar-refractivity contribution in [3.63, 3.8) is 0 Å². The third-order valence-corrected chi connectivity index (χ3v) is 7.24. The molecule has 0 spiro atoms. The predicted octanol–water partition coefficient (Wildman–Crippen LogP) is 5.67. The number of fused-ring (bicyclic) bond motifs is 1. The largest absolute Gasteiger partial charge is 0.465 e. The van der Waals surface area contributed by atoms with Gasteiger partial charge < -0.3 is 4.74 Å². The van der Waals surface area contributed by atoms with E-state index in [4.69, 9.17) is 4.74 Å². The molecule has 0 aliphatic heterocycles. The van der Waals surface area contributed by atoms with Crippen LogP contribution in [0.1, 0.15) is 62.1 Å². The second-order valence-corrected chi connectivity index (χ2v) is 8.53. The Morgan fingerprint density at radius 1 is 1.38 bits per heavy atom. The Morgan fingerprint density at radius 3 is 3.00 bits per heavy atom. The van der Waals surface area contributed by atoms with E-state index in [0.29, 0.717) is 18.1 Å². The smallest absolute Gasteiger partial charge is 0.137 e. The van der Waals surface area contributed by atoms with Crippen molar-refractivity contribution in [2.24, 2.45) is 17.8 Å². The maximum atomic E-state index is 13.1. The molecule has 2 bridgehead atoms. The molecule has 2 heteroatoms. The van der Waals surface area contributed by atoms with Crippen LogP contribution in [0, 0.1) is 24.7 Å². The second kappa shape index (κ2) is 6.72. The number of Topliss-reactive ketones (excluding diaryl/α,β-unsaturated/α-hetero) is 1. The molecule has 0 aromatic heterocycles. The molecule has 2 nitrogen and oxygen atoms in total. The quantitative estimate of drug-likeness (QED) is 0.516. The van der Waals surface area contributed by atoms with E-state index in [1.807, 2.05) is 6.92 Å². The summed E-state index contributed by atoms with van der Waals surface area (Å²) in [6.45, 7) is 7.95. The van der Waals surface area contributed by atoms with E-state index >= 15 is 0 Å². The van der Waals surface area contributed by atoms with E-state index in [-0.39, 0.29) is 11.3 Å². The van der Waals surface area contributed by atoms with Gasteiger partial charge in [0.25, 0.3) is 0 Å². The summed E-state index contributed by atoms with van der Waals surface area (Å²) in [5.41, 5.74) is 3.90. The highest BCUT2D eigenvalue weighted by molar-refractivity contribution is 5.84. The zero-order valence-corrected chi connectivity index (χ0v) is 16.1. The number of carbonyl (C=O) groups excluding carboxylic acids is 1. The Morgan fingerprint density at radius 2 is 2.23 bits per heavy atom. The van der Waals surface area contributed by atoms with Gasteiger partial charge in [0.2, 0.25) is 0 Å². The molecule has 4 unspecified atom stereocenters. The predicted molar refractivity (Wildman–Crippen MR) is 105 cm³/mol. The fraction of sp³-hybridized carbons (Fsp3) is 0.542. The molecule has 4 atom stereocenters. The first-order valence-electron chi connectivity index (χ1n) is 10.1. The molecule has 2 saturated carbocycles. The fourth-order valence-electron chi connectivity index (χ4n) is 6.18. The van der Waals surface area contributed by atoms with Crippen LogP contribution in [0.5, 0.6) is 5.75 Å². The zero-order chi connectivity index (χ0) is 18.3. The molecule has 1 aromatic carbocycles. The number of aryl methyl sites for hydroxylation is 1. The van der Waals surface area contributed by atoms with E-state index in [0.717, 1.165) is 42.9 Å². The number of hydrogen-bond acceptors (Lipinski definition) is 2. The molecule has 0 N–H and O–H groups in total. The number of benzene rings is 1. The van der Waals surface area contributed by atoms with Crippen molar-refractivity contribution in [3.05, 3.63) is 53.8 Å². The monoisotopic (exact) mass is 350 g/mol. The van der Waals surface area contributed by atoms with Gasteiger partial charge in [-0.05, 0) is 68.9 Å². The summed E-state index contributed by atoms with van der Waals surface area (Å²) in [7, 11) is 0.